The number of carboxylic acids is 1. The predicted octanol–water partition coefficient (Wildman–Crippen LogP) is 1.09. The van der Waals surface area contributed by atoms with Crippen LogP contribution in [0.3, 0.4) is 0 Å². The van der Waals surface area contributed by atoms with E-state index in [-0.39, 0.29) is 6.42 Å². The highest BCUT2D eigenvalue weighted by Gasteiger charge is 2.02. The topological polar surface area (TPSA) is 76.2 Å². The lowest BCUT2D eigenvalue weighted by Crippen LogP contribution is -1.96. The van der Waals surface area contributed by atoms with Crippen molar-refractivity contribution in [2.75, 3.05) is 5.75 Å². The largest absolute Gasteiger partial charge is 0.481 e. The van der Waals surface area contributed by atoms with E-state index in [1.165, 1.54) is 11.8 Å². The first-order valence-electron chi connectivity index (χ1n) is 3.77. The molecular weight excluding hydrogens is 192 g/mol. The molecule has 1 rings (SSSR count). The smallest absolute Gasteiger partial charge is 0.304 e. The molecule has 0 saturated heterocycles. The van der Waals surface area contributed by atoms with Crippen molar-refractivity contribution >= 4 is 17.7 Å². The highest BCUT2D eigenvalue weighted by Crippen LogP contribution is 2.11. The van der Waals surface area contributed by atoms with Crippen LogP contribution in [-0.4, -0.2) is 27.0 Å². The minimum Gasteiger partial charge on any atom is -0.481 e. The van der Waals surface area contributed by atoms with Crippen LogP contribution in [0.5, 0.6) is 0 Å². The zero-order chi connectivity index (χ0) is 9.68. The Morgan fingerprint density at radius 1 is 1.62 bits per heavy atom. The van der Waals surface area contributed by atoms with Crippen LogP contribution in [0.15, 0.2) is 4.42 Å². The molecule has 1 aromatic rings. The summed E-state index contributed by atoms with van der Waals surface area (Å²) in [6.45, 7) is 1.72. The molecule has 6 heteroatoms. The van der Waals surface area contributed by atoms with E-state index in [2.05, 4.69) is 10.2 Å². The van der Waals surface area contributed by atoms with Crippen molar-refractivity contribution in [1.29, 1.82) is 0 Å². The van der Waals surface area contributed by atoms with Gasteiger partial charge in [-0.1, -0.05) is 0 Å². The normalized spacial score (nSPS) is 10.2. The molecule has 0 unspecified atom stereocenters. The molecule has 0 radical (unpaired) electrons. The van der Waals surface area contributed by atoms with Gasteiger partial charge in [0.15, 0.2) is 0 Å². The fourth-order valence-corrected chi connectivity index (χ4v) is 1.47. The van der Waals surface area contributed by atoms with E-state index < -0.39 is 5.97 Å². The van der Waals surface area contributed by atoms with Crippen molar-refractivity contribution in [1.82, 2.24) is 10.2 Å². The van der Waals surface area contributed by atoms with Gasteiger partial charge in [0.25, 0.3) is 0 Å². The van der Waals surface area contributed by atoms with Crippen LogP contribution >= 0.6 is 11.8 Å². The van der Waals surface area contributed by atoms with Crippen molar-refractivity contribution in [2.24, 2.45) is 0 Å². The fraction of sp³-hybridized carbons (Fsp3) is 0.571. The molecule has 0 amide bonds. The summed E-state index contributed by atoms with van der Waals surface area (Å²) in [6.07, 6.45) is 0.164. The van der Waals surface area contributed by atoms with Gasteiger partial charge in [0.1, 0.15) is 0 Å². The Hall–Kier alpha value is -1.04. The zero-order valence-electron chi connectivity index (χ0n) is 7.19. The summed E-state index contributed by atoms with van der Waals surface area (Å²) < 4.78 is 5.10. The Morgan fingerprint density at radius 3 is 2.92 bits per heavy atom. The van der Waals surface area contributed by atoms with Gasteiger partial charge in [0, 0.05) is 12.7 Å². The van der Waals surface area contributed by atoms with Gasteiger partial charge in [-0.25, -0.2) is 0 Å². The highest BCUT2D eigenvalue weighted by atomic mass is 32.2. The van der Waals surface area contributed by atoms with Gasteiger partial charge < -0.3 is 9.52 Å². The van der Waals surface area contributed by atoms with Gasteiger partial charge >= 0.3 is 5.97 Å². The first-order chi connectivity index (χ1) is 6.18. The minimum absolute atomic E-state index is 0.164. The van der Waals surface area contributed by atoms with Crippen molar-refractivity contribution in [3.8, 4) is 0 Å². The lowest BCUT2D eigenvalue weighted by molar-refractivity contribution is -0.136. The molecule has 5 nitrogen and oxygen atoms in total. The van der Waals surface area contributed by atoms with Crippen LogP contribution in [-0.2, 0) is 10.5 Å². The lowest BCUT2D eigenvalue weighted by Gasteiger charge is -1.93. The van der Waals surface area contributed by atoms with E-state index >= 15 is 0 Å². The summed E-state index contributed by atoms with van der Waals surface area (Å²) in [5.41, 5.74) is 0. The third-order valence-electron chi connectivity index (χ3n) is 1.25. The van der Waals surface area contributed by atoms with Gasteiger partial charge in [-0.05, 0) is 0 Å². The second-order valence-corrected chi connectivity index (χ2v) is 3.52. The quantitative estimate of drug-likeness (QED) is 0.720. The molecule has 13 heavy (non-hydrogen) atoms. The summed E-state index contributed by atoms with van der Waals surface area (Å²) >= 11 is 1.47. The molecule has 1 heterocycles. The summed E-state index contributed by atoms with van der Waals surface area (Å²) in [5.74, 6) is 1.45. The van der Waals surface area contributed by atoms with Crippen LogP contribution in [0.1, 0.15) is 18.2 Å². The molecule has 0 bridgehead atoms. The van der Waals surface area contributed by atoms with Crippen LogP contribution in [0.25, 0.3) is 0 Å². The van der Waals surface area contributed by atoms with E-state index in [1.54, 1.807) is 6.92 Å². The number of hydrogen-bond donors (Lipinski definition) is 1. The van der Waals surface area contributed by atoms with E-state index in [1.807, 2.05) is 0 Å². The Kier molecular flexibility index (Phi) is 3.75. The highest BCUT2D eigenvalue weighted by molar-refractivity contribution is 7.98. The van der Waals surface area contributed by atoms with Gasteiger partial charge in [-0.15, -0.1) is 10.2 Å². The monoisotopic (exact) mass is 202 g/mol. The molecule has 0 aromatic carbocycles. The third kappa shape index (κ3) is 3.93. The Labute approximate surface area is 79.5 Å². The maximum Gasteiger partial charge on any atom is 0.304 e. The maximum atomic E-state index is 10.2. The number of thioether (sulfide) groups is 1. The lowest BCUT2D eigenvalue weighted by atomic mass is 10.5. The van der Waals surface area contributed by atoms with Crippen molar-refractivity contribution in [3.63, 3.8) is 0 Å². The molecule has 0 aliphatic heterocycles. The SMILES string of the molecule is Cc1nnc(CSCCC(=O)O)o1. The zero-order valence-corrected chi connectivity index (χ0v) is 8.00. The predicted molar refractivity (Wildman–Crippen MR) is 47.4 cm³/mol. The van der Waals surface area contributed by atoms with E-state index in [0.29, 0.717) is 23.3 Å². The second kappa shape index (κ2) is 4.86. The fourth-order valence-electron chi connectivity index (χ4n) is 0.715. The molecular formula is C7H10N2O3S. The summed E-state index contributed by atoms with van der Waals surface area (Å²) in [6, 6.07) is 0. The molecule has 0 saturated carbocycles. The minimum atomic E-state index is -0.783. The Bertz CT molecular complexity index is 287. The molecule has 0 aliphatic carbocycles. The van der Waals surface area contributed by atoms with Crippen LogP contribution in [0.2, 0.25) is 0 Å². The maximum absolute atomic E-state index is 10.2. The number of carbonyl (C=O) groups is 1. The number of aromatic nitrogens is 2. The number of nitrogens with zero attached hydrogens (tertiary/aromatic N) is 2. The molecule has 0 fully saturated rings. The number of aryl methyl sites for hydroxylation is 1. The second-order valence-electron chi connectivity index (χ2n) is 2.41. The molecule has 72 valence electrons. The van der Waals surface area contributed by atoms with Gasteiger partial charge in [0.2, 0.25) is 11.8 Å². The number of rotatable bonds is 5. The summed E-state index contributed by atoms with van der Waals surface area (Å²) in [4.78, 5) is 10.2. The van der Waals surface area contributed by atoms with E-state index in [9.17, 15) is 4.79 Å². The van der Waals surface area contributed by atoms with Crippen LogP contribution in [0.4, 0.5) is 0 Å². The molecule has 0 atom stereocenters. The van der Waals surface area contributed by atoms with Gasteiger partial charge in [0.05, 0.1) is 12.2 Å². The molecule has 0 aliphatic rings. The number of carboxylic acid groups (broad SMARTS) is 1. The molecule has 1 N–H and O–H groups in total. The van der Waals surface area contributed by atoms with E-state index in [4.69, 9.17) is 9.52 Å². The van der Waals surface area contributed by atoms with Gasteiger partial charge in [-0.3, -0.25) is 4.79 Å². The van der Waals surface area contributed by atoms with Crippen molar-refractivity contribution < 1.29 is 14.3 Å². The number of aliphatic carboxylic acids is 1. The third-order valence-corrected chi connectivity index (χ3v) is 2.20. The average molecular weight is 202 g/mol. The summed E-state index contributed by atoms with van der Waals surface area (Å²) in [5, 5.41) is 15.8. The molecule has 1 aromatic heterocycles. The number of hydrogen-bond acceptors (Lipinski definition) is 5. The first kappa shape index (κ1) is 10.0. The van der Waals surface area contributed by atoms with Crippen LogP contribution in [0, 0.1) is 6.92 Å². The van der Waals surface area contributed by atoms with Crippen molar-refractivity contribution in [2.45, 2.75) is 19.1 Å². The average Bonchev–Trinajstić information content (AvgIpc) is 2.45. The van der Waals surface area contributed by atoms with Gasteiger partial charge in [-0.2, -0.15) is 11.8 Å². The van der Waals surface area contributed by atoms with E-state index in [0.717, 1.165) is 0 Å². The van der Waals surface area contributed by atoms with Crippen molar-refractivity contribution in [3.05, 3.63) is 11.8 Å². The Balaban J connectivity index is 2.16. The summed E-state index contributed by atoms with van der Waals surface area (Å²) in [7, 11) is 0. The Morgan fingerprint density at radius 2 is 2.38 bits per heavy atom. The standard InChI is InChI=1S/C7H10N2O3S/c1-5-8-9-6(12-5)4-13-3-2-7(10)11/h2-4H2,1H3,(H,10,11). The molecule has 0 spiro atoms. The van der Waals surface area contributed by atoms with Crippen LogP contribution < -0.4 is 0 Å². The first-order valence-corrected chi connectivity index (χ1v) is 4.92.